The molecule has 2 aliphatic carbocycles. The van der Waals surface area contributed by atoms with Gasteiger partial charge < -0.3 is 9.47 Å². The lowest BCUT2D eigenvalue weighted by atomic mass is 9.75. The first-order valence-corrected chi connectivity index (χ1v) is 11.9. The Balaban J connectivity index is 1.74. The lowest BCUT2D eigenvalue weighted by Crippen LogP contribution is -2.25. The molecule has 1 saturated carbocycles. The van der Waals surface area contributed by atoms with E-state index in [1.807, 2.05) is 0 Å². The Hall–Kier alpha value is -2.45. The van der Waals surface area contributed by atoms with Crippen molar-refractivity contribution in [3.05, 3.63) is 35.1 Å². The van der Waals surface area contributed by atoms with Crippen LogP contribution >= 0.6 is 0 Å². The smallest absolute Gasteiger partial charge is 0.420 e. The molecule has 0 spiro atoms. The van der Waals surface area contributed by atoms with Crippen molar-refractivity contribution < 1.29 is 40.2 Å². The Morgan fingerprint density at radius 2 is 1.40 bits per heavy atom. The summed E-state index contributed by atoms with van der Waals surface area (Å²) in [6, 6.07) is 3.59. The highest BCUT2D eigenvalue weighted by molar-refractivity contribution is 6.06. The molecule has 192 valence electrons. The molecular formula is C26H27F7O2. The third kappa shape index (κ3) is 4.83. The van der Waals surface area contributed by atoms with Crippen molar-refractivity contribution in [3.63, 3.8) is 0 Å². The molecule has 0 amide bonds. The molecule has 0 aromatic heterocycles. The third-order valence-corrected chi connectivity index (χ3v) is 6.94. The van der Waals surface area contributed by atoms with E-state index >= 15 is 0 Å². The van der Waals surface area contributed by atoms with Gasteiger partial charge in [0.25, 0.3) is 0 Å². The quantitative estimate of drug-likeness (QED) is 0.299. The van der Waals surface area contributed by atoms with Gasteiger partial charge in [-0.05, 0) is 60.9 Å². The van der Waals surface area contributed by atoms with Crippen molar-refractivity contribution in [2.45, 2.75) is 64.7 Å². The highest BCUT2D eigenvalue weighted by atomic mass is 19.4. The number of rotatable bonds is 7. The summed E-state index contributed by atoms with van der Waals surface area (Å²) in [5.74, 6) is -1.73. The van der Waals surface area contributed by atoms with E-state index < -0.39 is 46.2 Å². The number of halogens is 7. The zero-order chi connectivity index (χ0) is 25.5. The fourth-order valence-corrected chi connectivity index (χ4v) is 5.34. The van der Waals surface area contributed by atoms with Crippen molar-refractivity contribution >= 4 is 0 Å². The minimum Gasteiger partial charge on any atom is -0.493 e. The van der Waals surface area contributed by atoms with Gasteiger partial charge in [-0.2, -0.15) is 26.3 Å². The number of fused-ring (bicyclic) bond motifs is 4. The number of benzene rings is 2. The van der Waals surface area contributed by atoms with Crippen LogP contribution in [0, 0.1) is 17.7 Å². The molecule has 2 aliphatic rings. The second-order valence-corrected chi connectivity index (χ2v) is 9.26. The molecule has 0 radical (unpaired) electrons. The summed E-state index contributed by atoms with van der Waals surface area (Å²) >= 11 is 0. The predicted octanol–water partition coefficient (Wildman–Crippen LogP) is 8.89. The Kier molecular flexibility index (Phi) is 6.99. The minimum atomic E-state index is -5.38. The summed E-state index contributed by atoms with van der Waals surface area (Å²) < 4.78 is 110. The van der Waals surface area contributed by atoms with E-state index in [4.69, 9.17) is 9.47 Å². The maximum Gasteiger partial charge on any atom is 0.420 e. The Bertz CT molecular complexity index is 1080. The Morgan fingerprint density at radius 1 is 0.771 bits per heavy atom. The summed E-state index contributed by atoms with van der Waals surface area (Å²) in [5, 5.41) is 0. The molecule has 0 bridgehead atoms. The standard InChI is InChI=1S/C26H27F7O2/c1-3-5-14-6-8-15(9-7-14)13-35-19-12-17-16-10-11-18(34-4-2)24(27)21(16)20(17)23(26(31,32)33)22(19)25(28,29)30/h10-12,14-15H,3-9,13H2,1-2H3. The summed E-state index contributed by atoms with van der Waals surface area (Å²) in [4.78, 5) is 0. The van der Waals surface area contributed by atoms with Gasteiger partial charge in [-0.1, -0.05) is 32.6 Å². The molecule has 0 N–H and O–H groups in total. The number of hydrogen-bond acceptors (Lipinski definition) is 2. The summed E-state index contributed by atoms with van der Waals surface area (Å²) in [6.45, 7) is 3.62. The number of ether oxygens (including phenoxy) is 2. The SMILES string of the molecule is CCCC1CCC(COc2cc3c(c(C(F)(F)F)c2C(F)(F)F)-c2c-3ccc(OCC)c2F)CC1. The molecule has 0 saturated heterocycles. The van der Waals surface area contributed by atoms with Crippen LogP contribution in [0.1, 0.15) is 63.5 Å². The van der Waals surface area contributed by atoms with Crippen LogP contribution in [0.15, 0.2) is 18.2 Å². The fraction of sp³-hybridized carbons (Fsp3) is 0.538. The van der Waals surface area contributed by atoms with Gasteiger partial charge in [0.2, 0.25) is 0 Å². The van der Waals surface area contributed by atoms with Crippen LogP contribution in [-0.2, 0) is 12.4 Å². The van der Waals surface area contributed by atoms with Gasteiger partial charge in [0, 0.05) is 11.1 Å². The molecular weight excluding hydrogens is 477 g/mol. The van der Waals surface area contributed by atoms with Crippen LogP contribution in [0.4, 0.5) is 30.7 Å². The molecule has 2 aromatic rings. The van der Waals surface area contributed by atoms with Crippen molar-refractivity contribution in [2.24, 2.45) is 11.8 Å². The van der Waals surface area contributed by atoms with Gasteiger partial charge in [0.1, 0.15) is 11.3 Å². The first kappa shape index (κ1) is 25.6. The van der Waals surface area contributed by atoms with Gasteiger partial charge in [-0.3, -0.25) is 0 Å². The molecule has 1 fully saturated rings. The van der Waals surface area contributed by atoms with Crippen LogP contribution in [0.3, 0.4) is 0 Å². The minimum absolute atomic E-state index is 0.0249. The summed E-state index contributed by atoms with van der Waals surface area (Å²) in [5.41, 5.74) is -5.13. The molecule has 0 heterocycles. The maximum atomic E-state index is 14.9. The Morgan fingerprint density at radius 3 is 1.97 bits per heavy atom. The topological polar surface area (TPSA) is 18.5 Å². The fourth-order valence-electron chi connectivity index (χ4n) is 5.34. The normalized spacial score (nSPS) is 19.6. The second-order valence-electron chi connectivity index (χ2n) is 9.26. The van der Waals surface area contributed by atoms with E-state index in [2.05, 4.69) is 6.92 Å². The summed E-state index contributed by atoms with van der Waals surface area (Å²) in [7, 11) is 0. The second kappa shape index (κ2) is 9.54. The van der Waals surface area contributed by atoms with Crippen molar-refractivity contribution in [1.82, 2.24) is 0 Å². The molecule has 35 heavy (non-hydrogen) atoms. The van der Waals surface area contributed by atoms with Gasteiger partial charge in [0.05, 0.1) is 18.8 Å². The van der Waals surface area contributed by atoms with Gasteiger partial charge >= 0.3 is 12.4 Å². The van der Waals surface area contributed by atoms with E-state index in [1.165, 1.54) is 12.1 Å². The monoisotopic (exact) mass is 504 g/mol. The molecule has 4 rings (SSSR count). The van der Waals surface area contributed by atoms with Crippen molar-refractivity contribution in [1.29, 1.82) is 0 Å². The van der Waals surface area contributed by atoms with Crippen LogP contribution < -0.4 is 9.47 Å². The molecule has 2 aromatic carbocycles. The average molecular weight is 504 g/mol. The Labute approximate surface area is 199 Å². The van der Waals surface area contributed by atoms with E-state index in [1.54, 1.807) is 6.92 Å². The van der Waals surface area contributed by atoms with Crippen molar-refractivity contribution in [3.8, 4) is 33.8 Å². The molecule has 2 nitrogen and oxygen atoms in total. The van der Waals surface area contributed by atoms with E-state index in [0.717, 1.165) is 44.6 Å². The zero-order valence-corrected chi connectivity index (χ0v) is 19.5. The van der Waals surface area contributed by atoms with Crippen LogP contribution in [0.5, 0.6) is 11.5 Å². The van der Waals surface area contributed by atoms with E-state index in [9.17, 15) is 30.7 Å². The van der Waals surface area contributed by atoms with Gasteiger partial charge in [0.15, 0.2) is 11.6 Å². The van der Waals surface area contributed by atoms with Crippen LogP contribution in [-0.4, -0.2) is 13.2 Å². The highest BCUT2D eigenvalue weighted by Crippen LogP contribution is 2.60. The molecule has 0 unspecified atom stereocenters. The van der Waals surface area contributed by atoms with Crippen LogP contribution in [0.2, 0.25) is 0 Å². The molecule has 9 heteroatoms. The third-order valence-electron chi connectivity index (χ3n) is 6.94. The summed E-state index contributed by atoms with van der Waals surface area (Å²) in [6.07, 6.45) is -5.19. The first-order chi connectivity index (χ1) is 16.5. The van der Waals surface area contributed by atoms with Gasteiger partial charge in [-0.15, -0.1) is 0 Å². The predicted molar refractivity (Wildman–Crippen MR) is 118 cm³/mol. The number of hydrogen-bond donors (Lipinski definition) is 0. The van der Waals surface area contributed by atoms with E-state index in [0.29, 0.717) is 5.92 Å². The lowest BCUT2D eigenvalue weighted by Gasteiger charge is -2.33. The van der Waals surface area contributed by atoms with Gasteiger partial charge in [-0.25, -0.2) is 4.39 Å². The number of alkyl halides is 6. The average Bonchev–Trinajstić information content (AvgIpc) is 2.76. The van der Waals surface area contributed by atoms with E-state index in [-0.39, 0.29) is 36.0 Å². The lowest BCUT2D eigenvalue weighted by molar-refractivity contribution is -0.162. The zero-order valence-electron chi connectivity index (χ0n) is 19.5. The highest BCUT2D eigenvalue weighted by Gasteiger charge is 2.51. The molecule has 0 atom stereocenters. The first-order valence-electron chi connectivity index (χ1n) is 11.9. The maximum absolute atomic E-state index is 14.9. The molecule has 0 aliphatic heterocycles. The van der Waals surface area contributed by atoms with Crippen molar-refractivity contribution in [2.75, 3.05) is 13.2 Å². The van der Waals surface area contributed by atoms with Crippen LogP contribution in [0.25, 0.3) is 22.3 Å². The largest absolute Gasteiger partial charge is 0.493 e.